The molecule has 6 heteroatoms. The fourth-order valence-electron chi connectivity index (χ4n) is 4.14. The van der Waals surface area contributed by atoms with Gasteiger partial charge in [0.25, 0.3) is 5.91 Å². The minimum absolute atomic E-state index is 0.0694. The maximum absolute atomic E-state index is 12.6. The van der Waals surface area contributed by atoms with Crippen LogP contribution in [0, 0.1) is 0 Å². The lowest BCUT2D eigenvalue weighted by molar-refractivity contribution is -0.132. The first-order valence-corrected chi connectivity index (χ1v) is 12.1. The zero-order chi connectivity index (χ0) is 21.4. The highest BCUT2D eigenvalue weighted by Gasteiger charge is 2.46. The van der Waals surface area contributed by atoms with Crippen molar-refractivity contribution in [1.29, 1.82) is 0 Å². The Labute approximate surface area is 178 Å². The van der Waals surface area contributed by atoms with Crippen LogP contribution in [0.1, 0.15) is 124 Å². The summed E-state index contributed by atoms with van der Waals surface area (Å²) in [5, 5.41) is 11.5. The summed E-state index contributed by atoms with van der Waals surface area (Å²) in [6.07, 6.45) is 17.1. The molecule has 0 aliphatic carbocycles. The summed E-state index contributed by atoms with van der Waals surface area (Å²) < 4.78 is 0. The first-order valence-electron chi connectivity index (χ1n) is 12.1. The number of hydrogen-bond donors (Lipinski definition) is 2. The Kier molecular flexibility index (Phi) is 13.6. The molecule has 0 bridgehead atoms. The molecule has 0 radical (unpaired) electrons. The van der Waals surface area contributed by atoms with Crippen LogP contribution >= 0.6 is 0 Å². The van der Waals surface area contributed by atoms with E-state index < -0.39 is 11.6 Å². The number of nitrogens with one attached hydrogen (secondary N) is 2. The van der Waals surface area contributed by atoms with Gasteiger partial charge >= 0.3 is 0 Å². The Hall–Kier alpha value is -1.46. The van der Waals surface area contributed by atoms with Gasteiger partial charge in [-0.1, -0.05) is 103 Å². The minimum Gasteiger partial charge on any atom is -0.342 e. The van der Waals surface area contributed by atoms with E-state index >= 15 is 0 Å². The molecule has 0 aromatic rings. The third-order valence-corrected chi connectivity index (χ3v) is 5.92. The van der Waals surface area contributed by atoms with Crippen molar-refractivity contribution < 1.29 is 9.59 Å². The average molecular weight is 409 g/mol. The molecular weight excluding hydrogens is 364 g/mol. The summed E-state index contributed by atoms with van der Waals surface area (Å²) in [6.45, 7) is 6.42. The molecule has 0 spiro atoms. The lowest BCUT2D eigenvalue weighted by Crippen LogP contribution is -2.60. The lowest BCUT2D eigenvalue weighted by Gasteiger charge is -2.38. The van der Waals surface area contributed by atoms with Crippen LogP contribution in [0.4, 0.5) is 0 Å². The number of rotatable bonds is 17. The van der Waals surface area contributed by atoms with Crippen LogP contribution in [0.25, 0.3) is 0 Å². The fourth-order valence-corrected chi connectivity index (χ4v) is 4.14. The number of carbonyl (C=O) groups is 2. The first-order chi connectivity index (χ1) is 14.1. The number of hydrogen-bond acceptors (Lipinski definition) is 4. The van der Waals surface area contributed by atoms with Gasteiger partial charge in [0, 0.05) is 6.42 Å². The Bertz CT molecular complexity index is 477. The molecule has 1 aliphatic heterocycles. The Morgan fingerprint density at radius 1 is 0.862 bits per heavy atom. The molecule has 2 N–H and O–H groups in total. The summed E-state index contributed by atoms with van der Waals surface area (Å²) >= 11 is 0. The SMILES string of the molecule is CCCCCCCCC1(CCCCCCCC)N=NNC(=O)C1NC(=O)CCC. The molecule has 2 amide bonds. The molecule has 168 valence electrons. The van der Waals surface area contributed by atoms with Gasteiger partial charge in [-0.05, 0) is 19.3 Å². The summed E-state index contributed by atoms with van der Waals surface area (Å²) in [7, 11) is 0. The molecule has 0 fully saturated rings. The van der Waals surface area contributed by atoms with Gasteiger partial charge in [0.05, 0.1) is 0 Å². The number of unbranched alkanes of at least 4 members (excludes halogenated alkanes) is 10. The summed E-state index contributed by atoms with van der Waals surface area (Å²) in [6, 6.07) is -0.606. The van der Waals surface area contributed by atoms with Crippen LogP contribution in [0.5, 0.6) is 0 Å². The van der Waals surface area contributed by atoms with Crippen molar-refractivity contribution >= 4 is 11.8 Å². The van der Waals surface area contributed by atoms with Gasteiger partial charge in [-0.15, -0.1) is 0 Å². The smallest absolute Gasteiger partial charge is 0.266 e. The van der Waals surface area contributed by atoms with E-state index in [9.17, 15) is 9.59 Å². The van der Waals surface area contributed by atoms with Crippen molar-refractivity contribution in [3.8, 4) is 0 Å². The van der Waals surface area contributed by atoms with Crippen molar-refractivity contribution in [2.24, 2.45) is 10.3 Å². The van der Waals surface area contributed by atoms with Gasteiger partial charge in [-0.3, -0.25) is 9.59 Å². The van der Waals surface area contributed by atoms with E-state index in [2.05, 4.69) is 34.9 Å². The van der Waals surface area contributed by atoms with Crippen LogP contribution in [0.3, 0.4) is 0 Å². The van der Waals surface area contributed by atoms with Crippen LogP contribution in [-0.2, 0) is 9.59 Å². The maximum atomic E-state index is 12.6. The monoisotopic (exact) mass is 408 g/mol. The highest BCUT2D eigenvalue weighted by molar-refractivity contribution is 5.89. The third kappa shape index (κ3) is 9.72. The van der Waals surface area contributed by atoms with Gasteiger partial charge in [0.1, 0.15) is 11.6 Å². The molecule has 1 atom stereocenters. The molecule has 1 aliphatic rings. The van der Waals surface area contributed by atoms with Gasteiger partial charge < -0.3 is 5.32 Å². The van der Waals surface area contributed by atoms with E-state index in [1.54, 1.807) is 0 Å². The molecule has 1 heterocycles. The average Bonchev–Trinajstić information content (AvgIpc) is 2.70. The second-order valence-electron chi connectivity index (χ2n) is 8.57. The number of amides is 2. The van der Waals surface area contributed by atoms with E-state index in [1.165, 1.54) is 51.4 Å². The summed E-state index contributed by atoms with van der Waals surface area (Å²) in [5.74, 6) is -0.290. The molecule has 0 saturated heterocycles. The van der Waals surface area contributed by atoms with Gasteiger partial charge in [-0.2, -0.15) is 5.11 Å². The zero-order valence-corrected chi connectivity index (χ0v) is 19.1. The first kappa shape index (κ1) is 25.6. The molecule has 29 heavy (non-hydrogen) atoms. The van der Waals surface area contributed by atoms with Crippen LogP contribution in [0.15, 0.2) is 10.3 Å². The fraction of sp³-hybridized carbons (Fsp3) is 0.913. The minimum atomic E-state index is -0.606. The predicted octanol–water partition coefficient (Wildman–Crippen LogP) is 6.01. The van der Waals surface area contributed by atoms with Crippen molar-refractivity contribution in [3.05, 3.63) is 0 Å². The topological polar surface area (TPSA) is 82.9 Å². The van der Waals surface area contributed by atoms with Crippen molar-refractivity contribution in [1.82, 2.24) is 10.7 Å². The van der Waals surface area contributed by atoms with Gasteiger partial charge in [0.15, 0.2) is 0 Å². The van der Waals surface area contributed by atoms with Crippen LogP contribution < -0.4 is 10.7 Å². The standard InChI is InChI=1S/C23H44N4O2/c1-4-7-9-11-13-15-18-23(19-16-14-12-10-8-5-2)21(22(29)25-27-26-23)24-20(28)17-6-3/h21H,4-19H2,1-3H3,(H,24,28)(H,25,26,29). The zero-order valence-electron chi connectivity index (χ0n) is 19.1. The molecule has 6 nitrogen and oxygen atoms in total. The van der Waals surface area contributed by atoms with Gasteiger partial charge in [-0.25, -0.2) is 5.43 Å². The summed E-state index contributed by atoms with van der Waals surface area (Å²) in [5.41, 5.74) is 1.88. The van der Waals surface area contributed by atoms with E-state index in [-0.39, 0.29) is 11.8 Å². The van der Waals surface area contributed by atoms with Crippen molar-refractivity contribution in [3.63, 3.8) is 0 Å². The molecular formula is C23H44N4O2. The summed E-state index contributed by atoms with van der Waals surface area (Å²) in [4.78, 5) is 24.9. The number of carbonyl (C=O) groups excluding carboxylic acids is 2. The molecule has 1 rings (SSSR count). The van der Waals surface area contributed by atoms with Crippen LogP contribution in [0.2, 0.25) is 0 Å². The molecule has 0 aromatic carbocycles. The second-order valence-corrected chi connectivity index (χ2v) is 8.57. The predicted molar refractivity (Wildman–Crippen MR) is 119 cm³/mol. The van der Waals surface area contributed by atoms with Crippen molar-refractivity contribution in [2.75, 3.05) is 0 Å². The largest absolute Gasteiger partial charge is 0.342 e. The van der Waals surface area contributed by atoms with Crippen LogP contribution in [-0.4, -0.2) is 23.4 Å². The molecule has 0 saturated carbocycles. The van der Waals surface area contributed by atoms with E-state index in [1.807, 2.05) is 6.92 Å². The van der Waals surface area contributed by atoms with E-state index in [4.69, 9.17) is 0 Å². The van der Waals surface area contributed by atoms with Gasteiger partial charge in [0.2, 0.25) is 5.91 Å². The Morgan fingerprint density at radius 3 is 1.90 bits per heavy atom. The normalized spacial score (nSPS) is 17.9. The highest BCUT2D eigenvalue weighted by atomic mass is 16.2. The van der Waals surface area contributed by atoms with Crippen molar-refractivity contribution in [2.45, 2.75) is 135 Å². The van der Waals surface area contributed by atoms with E-state index in [0.717, 1.165) is 44.9 Å². The quantitative estimate of drug-likeness (QED) is 0.289. The number of nitrogens with zero attached hydrogens (tertiary/aromatic N) is 2. The van der Waals surface area contributed by atoms with E-state index in [0.29, 0.717) is 6.42 Å². The second kappa shape index (κ2) is 15.4. The Balaban J connectivity index is 2.75. The third-order valence-electron chi connectivity index (χ3n) is 5.92. The highest BCUT2D eigenvalue weighted by Crippen LogP contribution is 2.33. The maximum Gasteiger partial charge on any atom is 0.266 e. The molecule has 0 aromatic heterocycles. The lowest BCUT2D eigenvalue weighted by atomic mass is 9.79. The molecule has 1 unspecified atom stereocenters. The Morgan fingerprint density at radius 2 is 1.38 bits per heavy atom.